The summed E-state index contributed by atoms with van der Waals surface area (Å²) in [6, 6.07) is 0. The minimum Gasteiger partial charge on any atom is -0.460 e. The molecule has 0 fully saturated rings. The number of carbonyl (C=O) groups is 1. The molecular weight excluding hydrogens is 430 g/mol. The molecule has 0 aliphatic carbocycles. The maximum absolute atomic E-state index is 12.1. The van der Waals surface area contributed by atoms with Crippen LogP contribution in [0.1, 0.15) is 176 Å². The Bertz CT molecular complexity index is 419. The Hall–Kier alpha value is -0.570. The molecule has 0 saturated carbocycles. The highest BCUT2D eigenvalue weighted by Crippen LogP contribution is 2.14. The standard InChI is InChI=1S/C32H65NO2/c1-6-8-10-12-14-16-18-20-22-24-28-33(30-26-27-31(34)35-32(3,4)5)29-25-23-21-19-17-15-13-11-9-7-2/h6-30H2,1-5H3. The van der Waals surface area contributed by atoms with E-state index in [-0.39, 0.29) is 11.6 Å². The van der Waals surface area contributed by atoms with Crippen LogP contribution in [0, 0.1) is 0 Å². The van der Waals surface area contributed by atoms with Crippen LogP contribution in [-0.4, -0.2) is 36.1 Å². The molecule has 0 aromatic heterocycles. The molecule has 0 unspecified atom stereocenters. The number of rotatable bonds is 26. The summed E-state index contributed by atoms with van der Waals surface area (Å²) in [5.41, 5.74) is -0.372. The molecule has 0 rings (SSSR count). The van der Waals surface area contributed by atoms with Crippen molar-refractivity contribution >= 4 is 5.97 Å². The van der Waals surface area contributed by atoms with Gasteiger partial charge in [-0.15, -0.1) is 0 Å². The quantitative estimate of drug-likeness (QED) is 0.0882. The van der Waals surface area contributed by atoms with Crippen LogP contribution in [0.5, 0.6) is 0 Å². The predicted octanol–water partition coefficient (Wildman–Crippen LogP) is 10.3. The Balaban J connectivity index is 4.02. The summed E-state index contributed by atoms with van der Waals surface area (Å²) in [5.74, 6) is -0.0460. The number of carbonyl (C=O) groups excluding carboxylic acids is 1. The SMILES string of the molecule is CCCCCCCCCCCCN(CCCCCCCCCCCC)CCCC(=O)OC(C)(C)C. The van der Waals surface area contributed by atoms with Crippen molar-refractivity contribution in [3.05, 3.63) is 0 Å². The van der Waals surface area contributed by atoms with Crippen molar-refractivity contribution in [2.75, 3.05) is 19.6 Å². The highest BCUT2D eigenvalue weighted by Gasteiger charge is 2.16. The highest BCUT2D eigenvalue weighted by molar-refractivity contribution is 5.69. The third-order valence-corrected chi connectivity index (χ3v) is 6.93. The fourth-order valence-electron chi connectivity index (χ4n) is 4.82. The molecule has 35 heavy (non-hydrogen) atoms. The van der Waals surface area contributed by atoms with Crippen molar-refractivity contribution in [1.82, 2.24) is 4.90 Å². The molecule has 3 nitrogen and oxygen atoms in total. The van der Waals surface area contributed by atoms with Crippen molar-refractivity contribution < 1.29 is 9.53 Å². The fraction of sp³-hybridized carbons (Fsp3) is 0.969. The topological polar surface area (TPSA) is 29.5 Å². The van der Waals surface area contributed by atoms with E-state index in [1.165, 1.54) is 142 Å². The number of ether oxygens (including phenoxy) is 1. The van der Waals surface area contributed by atoms with E-state index in [0.717, 1.165) is 13.0 Å². The molecular formula is C32H65NO2. The van der Waals surface area contributed by atoms with Gasteiger partial charge in [0.05, 0.1) is 0 Å². The minimum atomic E-state index is -0.372. The van der Waals surface area contributed by atoms with Gasteiger partial charge in [-0.05, 0) is 59.7 Å². The normalized spacial score (nSPS) is 11.9. The molecule has 0 radical (unpaired) electrons. The van der Waals surface area contributed by atoms with E-state index in [1.54, 1.807) is 0 Å². The van der Waals surface area contributed by atoms with Crippen molar-refractivity contribution in [1.29, 1.82) is 0 Å². The van der Waals surface area contributed by atoms with Gasteiger partial charge >= 0.3 is 5.97 Å². The van der Waals surface area contributed by atoms with Crippen LogP contribution < -0.4 is 0 Å². The molecule has 210 valence electrons. The van der Waals surface area contributed by atoms with Crippen LogP contribution in [0.2, 0.25) is 0 Å². The minimum absolute atomic E-state index is 0.0460. The van der Waals surface area contributed by atoms with Crippen molar-refractivity contribution in [3.8, 4) is 0 Å². The van der Waals surface area contributed by atoms with E-state index in [1.807, 2.05) is 20.8 Å². The second-order valence-corrected chi connectivity index (χ2v) is 11.9. The number of hydrogen-bond donors (Lipinski definition) is 0. The summed E-state index contributed by atoms with van der Waals surface area (Å²) in [5, 5.41) is 0. The number of hydrogen-bond acceptors (Lipinski definition) is 3. The van der Waals surface area contributed by atoms with Gasteiger partial charge < -0.3 is 9.64 Å². The second-order valence-electron chi connectivity index (χ2n) is 11.9. The van der Waals surface area contributed by atoms with E-state index in [0.29, 0.717) is 6.42 Å². The Morgan fingerprint density at radius 1 is 0.514 bits per heavy atom. The van der Waals surface area contributed by atoms with Gasteiger partial charge in [0.2, 0.25) is 0 Å². The lowest BCUT2D eigenvalue weighted by Crippen LogP contribution is -2.29. The zero-order valence-corrected chi connectivity index (χ0v) is 24.9. The molecule has 0 heterocycles. The molecule has 0 saturated heterocycles. The third-order valence-electron chi connectivity index (χ3n) is 6.93. The maximum Gasteiger partial charge on any atom is 0.306 e. The van der Waals surface area contributed by atoms with Crippen LogP contribution in [0.3, 0.4) is 0 Å². The van der Waals surface area contributed by atoms with E-state index >= 15 is 0 Å². The highest BCUT2D eigenvalue weighted by atomic mass is 16.6. The molecule has 0 aromatic carbocycles. The van der Waals surface area contributed by atoms with Crippen LogP contribution in [-0.2, 0) is 9.53 Å². The first-order chi connectivity index (χ1) is 16.9. The van der Waals surface area contributed by atoms with Crippen LogP contribution >= 0.6 is 0 Å². The van der Waals surface area contributed by atoms with E-state index in [2.05, 4.69) is 18.7 Å². The Labute approximate surface area is 221 Å². The summed E-state index contributed by atoms with van der Waals surface area (Å²) in [6.07, 6.45) is 29.3. The average molecular weight is 496 g/mol. The molecule has 3 heteroatoms. The summed E-state index contributed by atoms with van der Waals surface area (Å²) in [7, 11) is 0. The third kappa shape index (κ3) is 27.9. The second kappa shape index (κ2) is 25.1. The molecule has 0 aliphatic rings. The molecule has 0 aliphatic heterocycles. The Kier molecular flexibility index (Phi) is 24.7. The number of unbranched alkanes of at least 4 members (excludes halogenated alkanes) is 18. The smallest absolute Gasteiger partial charge is 0.306 e. The summed E-state index contributed by atoms with van der Waals surface area (Å²) in [4.78, 5) is 14.7. The summed E-state index contributed by atoms with van der Waals surface area (Å²) < 4.78 is 5.50. The van der Waals surface area contributed by atoms with Crippen molar-refractivity contribution in [2.45, 2.75) is 181 Å². The van der Waals surface area contributed by atoms with Gasteiger partial charge in [0, 0.05) is 6.42 Å². The van der Waals surface area contributed by atoms with Gasteiger partial charge in [-0.1, -0.05) is 129 Å². The molecule has 0 amide bonds. The first kappa shape index (κ1) is 34.4. The molecule has 0 atom stereocenters. The number of esters is 1. The Morgan fingerprint density at radius 3 is 1.17 bits per heavy atom. The fourth-order valence-corrected chi connectivity index (χ4v) is 4.82. The van der Waals surface area contributed by atoms with Gasteiger partial charge in [-0.2, -0.15) is 0 Å². The monoisotopic (exact) mass is 496 g/mol. The van der Waals surface area contributed by atoms with E-state index in [9.17, 15) is 4.79 Å². The lowest BCUT2D eigenvalue weighted by Gasteiger charge is -2.23. The van der Waals surface area contributed by atoms with Gasteiger partial charge in [-0.25, -0.2) is 0 Å². The zero-order valence-electron chi connectivity index (χ0n) is 24.9. The maximum atomic E-state index is 12.1. The molecule has 0 bridgehead atoms. The number of nitrogens with zero attached hydrogens (tertiary/aromatic N) is 1. The first-order valence-corrected chi connectivity index (χ1v) is 15.8. The van der Waals surface area contributed by atoms with Crippen molar-refractivity contribution in [3.63, 3.8) is 0 Å². The predicted molar refractivity (Wildman–Crippen MR) is 155 cm³/mol. The average Bonchev–Trinajstić information content (AvgIpc) is 2.79. The lowest BCUT2D eigenvalue weighted by atomic mass is 10.1. The molecule has 0 spiro atoms. The molecule has 0 aromatic rings. The first-order valence-electron chi connectivity index (χ1n) is 15.8. The summed E-state index contributed by atoms with van der Waals surface area (Å²) >= 11 is 0. The van der Waals surface area contributed by atoms with Gasteiger partial charge in [0.25, 0.3) is 0 Å². The van der Waals surface area contributed by atoms with Crippen LogP contribution in [0.15, 0.2) is 0 Å². The zero-order chi connectivity index (χ0) is 26.0. The lowest BCUT2D eigenvalue weighted by molar-refractivity contribution is -0.155. The van der Waals surface area contributed by atoms with E-state index < -0.39 is 0 Å². The van der Waals surface area contributed by atoms with Crippen molar-refractivity contribution in [2.24, 2.45) is 0 Å². The molecule has 0 N–H and O–H groups in total. The van der Waals surface area contributed by atoms with Gasteiger partial charge in [-0.3, -0.25) is 4.79 Å². The van der Waals surface area contributed by atoms with Crippen LogP contribution in [0.25, 0.3) is 0 Å². The van der Waals surface area contributed by atoms with Gasteiger partial charge in [0.1, 0.15) is 5.60 Å². The van der Waals surface area contributed by atoms with E-state index in [4.69, 9.17) is 4.74 Å². The Morgan fingerprint density at radius 2 is 0.829 bits per heavy atom. The van der Waals surface area contributed by atoms with Gasteiger partial charge in [0.15, 0.2) is 0 Å². The largest absolute Gasteiger partial charge is 0.460 e. The summed E-state index contributed by atoms with van der Waals surface area (Å²) in [6.45, 7) is 13.9. The van der Waals surface area contributed by atoms with Crippen LogP contribution in [0.4, 0.5) is 0 Å².